The number of aryl methyl sites for hydroxylation is 1. The average molecular weight is 327 g/mol. The summed E-state index contributed by atoms with van der Waals surface area (Å²) in [6.07, 6.45) is 2.05. The summed E-state index contributed by atoms with van der Waals surface area (Å²) in [6.45, 7) is 4.96. The predicted octanol–water partition coefficient (Wildman–Crippen LogP) is 3.22. The molecule has 0 aliphatic heterocycles. The van der Waals surface area contributed by atoms with Crippen molar-refractivity contribution < 1.29 is 0 Å². The molecule has 0 atom stereocenters. The second-order valence-corrected chi connectivity index (χ2v) is 4.72. The third-order valence-electron chi connectivity index (χ3n) is 2.27. The molecule has 4 heteroatoms. The minimum atomic E-state index is 0.875. The molecular weight excluding hydrogens is 313 g/mol. The van der Waals surface area contributed by atoms with E-state index in [1.807, 2.05) is 19.1 Å². The topological polar surface area (TPSA) is 29.9 Å². The molecule has 3 nitrogen and oxygen atoms in total. The van der Waals surface area contributed by atoms with Crippen LogP contribution in [0.25, 0.3) is 5.69 Å². The van der Waals surface area contributed by atoms with Crippen LogP contribution in [-0.4, -0.2) is 16.1 Å². The molecule has 1 aromatic carbocycles. The van der Waals surface area contributed by atoms with Gasteiger partial charge in [0, 0.05) is 16.3 Å². The zero-order chi connectivity index (χ0) is 11.5. The molecule has 1 heterocycles. The minimum absolute atomic E-state index is 0.875. The number of halogens is 1. The molecule has 0 amide bonds. The Balaban J connectivity index is 2.51. The molecule has 1 N–H and O–H groups in total. The largest absolute Gasteiger partial charge is 0.356 e. The number of nitrogens with one attached hydrogen (secondary N) is 1. The Hall–Kier alpha value is -1.04. The van der Waals surface area contributed by atoms with Crippen LogP contribution in [0.1, 0.15) is 12.6 Å². The van der Waals surface area contributed by atoms with Crippen LogP contribution in [0.15, 0.2) is 30.5 Å². The Labute approximate surface area is 109 Å². The summed E-state index contributed by atoms with van der Waals surface area (Å²) in [5.74, 6) is 0.907. The molecule has 2 rings (SSSR count). The first kappa shape index (κ1) is 11.4. The molecule has 0 unspecified atom stereocenters. The number of rotatable bonds is 3. The normalized spacial score (nSPS) is 10.4. The van der Waals surface area contributed by atoms with Gasteiger partial charge in [-0.15, -0.1) is 0 Å². The summed E-state index contributed by atoms with van der Waals surface area (Å²) in [5, 5.41) is 3.27. The van der Waals surface area contributed by atoms with Crippen molar-refractivity contribution in [1.29, 1.82) is 0 Å². The van der Waals surface area contributed by atoms with Crippen molar-refractivity contribution in [3.8, 4) is 5.69 Å². The highest BCUT2D eigenvalue weighted by Crippen LogP contribution is 2.21. The summed E-state index contributed by atoms with van der Waals surface area (Å²) in [5.41, 5.74) is 2.19. The summed E-state index contributed by atoms with van der Waals surface area (Å²) < 4.78 is 3.32. The van der Waals surface area contributed by atoms with Crippen LogP contribution in [0.4, 0.5) is 5.95 Å². The molecule has 84 valence electrons. The lowest BCUT2D eigenvalue weighted by Gasteiger charge is -2.09. The standard InChI is InChI=1S/C12H14IN3/c1-3-14-12-15-9(2)8-16(12)11-7-5-4-6-10(11)13/h4-8H,3H2,1-2H3,(H,14,15). The highest BCUT2D eigenvalue weighted by Gasteiger charge is 2.08. The van der Waals surface area contributed by atoms with Gasteiger partial charge < -0.3 is 5.32 Å². The van der Waals surface area contributed by atoms with E-state index in [2.05, 4.69) is 62.7 Å². The molecule has 0 saturated heterocycles. The molecule has 0 aliphatic rings. The number of hydrogen-bond acceptors (Lipinski definition) is 2. The van der Waals surface area contributed by atoms with Gasteiger partial charge in [-0.2, -0.15) is 0 Å². The fourth-order valence-electron chi connectivity index (χ4n) is 1.61. The van der Waals surface area contributed by atoms with E-state index in [1.165, 1.54) is 9.26 Å². The van der Waals surface area contributed by atoms with Gasteiger partial charge >= 0.3 is 0 Å². The van der Waals surface area contributed by atoms with Gasteiger partial charge in [0.05, 0.1) is 11.4 Å². The number of anilines is 1. The van der Waals surface area contributed by atoms with Gasteiger partial charge in [0.15, 0.2) is 0 Å². The second kappa shape index (κ2) is 4.86. The van der Waals surface area contributed by atoms with Crippen LogP contribution in [-0.2, 0) is 0 Å². The third-order valence-corrected chi connectivity index (χ3v) is 3.19. The van der Waals surface area contributed by atoms with Gasteiger partial charge in [0.1, 0.15) is 0 Å². The van der Waals surface area contributed by atoms with Crippen LogP contribution in [0.5, 0.6) is 0 Å². The third kappa shape index (κ3) is 2.21. The first-order valence-electron chi connectivity index (χ1n) is 5.27. The van der Waals surface area contributed by atoms with Crippen molar-refractivity contribution in [2.75, 3.05) is 11.9 Å². The number of benzene rings is 1. The maximum atomic E-state index is 4.47. The van der Waals surface area contributed by atoms with Crippen LogP contribution in [0, 0.1) is 10.5 Å². The molecule has 16 heavy (non-hydrogen) atoms. The average Bonchev–Trinajstić information content (AvgIpc) is 2.61. The first-order chi connectivity index (χ1) is 7.72. The van der Waals surface area contributed by atoms with E-state index in [1.54, 1.807) is 0 Å². The number of aromatic nitrogens is 2. The Morgan fingerprint density at radius 3 is 2.81 bits per heavy atom. The van der Waals surface area contributed by atoms with Crippen molar-refractivity contribution in [3.05, 3.63) is 39.7 Å². The Bertz CT molecular complexity index is 491. The molecule has 0 bridgehead atoms. The lowest BCUT2D eigenvalue weighted by atomic mass is 10.3. The molecule has 0 spiro atoms. The number of para-hydroxylation sites is 1. The van der Waals surface area contributed by atoms with Crippen molar-refractivity contribution in [2.24, 2.45) is 0 Å². The fraction of sp³-hybridized carbons (Fsp3) is 0.250. The van der Waals surface area contributed by atoms with Crippen LogP contribution in [0.3, 0.4) is 0 Å². The Morgan fingerprint density at radius 2 is 2.12 bits per heavy atom. The monoisotopic (exact) mass is 327 g/mol. The molecule has 1 aromatic heterocycles. The number of imidazole rings is 1. The van der Waals surface area contributed by atoms with E-state index in [0.717, 1.165) is 18.2 Å². The maximum Gasteiger partial charge on any atom is 0.207 e. The van der Waals surface area contributed by atoms with Gasteiger partial charge in [0.25, 0.3) is 0 Å². The van der Waals surface area contributed by atoms with Crippen LogP contribution >= 0.6 is 22.6 Å². The van der Waals surface area contributed by atoms with E-state index in [4.69, 9.17) is 0 Å². The molecule has 0 fully saturated rings. The summed E-state index contributed by atoms with van der Waals surface area (Å²) in [7, 11) is 0. The molecule has 0 saturated carbocycles. The summed E-state index contributed by atoms with van der Waals surface area (Å²) >= 11 is 2.34. The quantitative estimate of drug-likeness (QED) is 0.878. The lowest BCUT2D eigenvalue weighted by Crippen LogP contribution is -2.05. The SMILES string of the molecule is CCNc1nc(C)cn1-c1ccccc1I. The van der Waals surface area contributed by atoms with Crippen molar-refractivity contribution in [3.63, 3.8) is 0 Å². The highest BCUT2D eigenvalue weighted by atomic mass is 127. The molecule has 2 aromatic rings. The lowest BCUT2D eigenvalue weighted by molar-refractivity contribution is 1.02. The summed E-state index contributed by atoms with van der Waals surface area (Å²) in [6, 6.07) is 8.29. The van der Waals surface area contributed by atoms with Crippen molar-refractivity contribution >= 4 is 28.5 Å². The van der Waals surface area contributed by atoms with Crippen LogP contribution in [0.2, 0.25) is 0 Å². The molecule has 0 aliphatic carbocycles. The highest BCUT2D eigenvalue weighted by molar-refractivity contribution is 14.1. The van der Waals surface area contributed by atoms with E-state index < -0.39 is 0 Å². The maximum absolute atomic E-state index is 4.47. The zero-order valence-corrected chi connectivity index (χ0v) is 11.5. The summed E-state index contributed by atoms with van der Waals surface area (Å²) in [4.78, 5) is 4.47. The molecule has 0 radical (unpaired) electrons. The number of nitrogens with zero attached hydrogens (tertiary/aromatic N) is 2. The zero-order valence-electron chi connectivity index (χ0n) is 9.37. The van der Waals surface area contributed by atoms with Crippen LogP contribution < -0.4 is 5.32 Å². The van der Waals surface area contributed by atoms with Crippen molar-refractivity contribution in [1.82, 2.24) is 9.55 Å². The van der Waals surface area contributed by atoms with E-state index in [-0.39, 0.29) is 0 Å². The van der Waals surface area contributed by atoms with Gasteiger partial charge in [-0.25, -0.2) is 4.98 Å². The van der Waals surface area contributed by atoms with Gasteiger partial charge in [-0.3, -0.25) is 4.57 Å². The van der Waals surface area contributed by atoms with E-state index in [0.29, 0.717) is 0 Å². The second-order valence-electron chi connectivity index (χ2n) is 3.56. The fourth-order valence-corrected chi connectivity index (χ4v) is 2.26. The van der Waals surface area contributed by atoms with E-state index in [9.17, 15) is 0 Å². The van der Waals surface area contributed by atoms with Crippen molar-refractivity contribution in [2.45, 2.75) is 13.8 Å². The van der Waals surface area contributed by atoms with Gasteiger partial charge in [-0.1, -0.05) is 12.1 Å². The Morgan fingerprint density at radius 1 is 1.38 bits per heavy atom. The molecular formula is C12H14IN3. The smallest absolute Gasteiger partial charge is 0.207 e. The van der Waals surface area contributed by atoms with Gasteiger partial charge in [-0.05, 0) is 48.6 Å². The predicted molar refractivity (Wildman–Crippen MR) is 75.2 cm³/mol. The van der Waals surface area contributed by atoms with E-state index >= 15 is 0 Å². The number of hydrogen-bond donors (Lipinski definition) is 1. The minimum Gasteiger partial charge on any atom is -0.356 e. The Kier molecular flexibility index (Phi) is 3.48. The first-order valence-corrected chi connectivity index (χ1v) is 6.35. The van der Waals surface area contributed by atoms with Gasteiger partial charge in [0.2, 0.25) is 5.95 Å².